The SMILES string of the molecule is CCCOc1ccc(C2C(=C(O)c3ccc(F)cc3)C(=O)C(=O)N2CCCN(C)C)cc1OCC. The van der Waals surface area contributed by atoms with Crippen LogP contribution in [0, 0.1) is 5.82 Å². The van der Waals surface area contributed by atoms with Crippen LogP contribution < -0.4 is 9.47 Å². The zero-order valence-electron chi connectivity index (χ0n) is 20.7. The minimum Gasteiger partial charge on any atom is -0.507 e. The Morgan fingerprint density at radius 3 is 2.40 bits per heavy atom. The molecule has 35 heavy (non-hydrogen) atoms. The number of hydrogen-bond acceptors (Lipinski definition) is 6. The Kier molecular flexibility index (Phi) is 8.87. The number of amides is 1. The molecule has 2 aromatic carbocycles. The number of rotatable bonds is 11. The van der Waals surface area contributed by atoms with Crippen LogP contribution in [0.4, 0.5) is 4.39 Å². The van der Waals surface area contributed by atoms with Crippen molar-refractivity contribution in [3.05, 3.63) is 65.0 Å². The van der Waals surface area contributed by atoms with Gasteiger partial charge in [-0.15, -0.1) is 0 Å². The normalized spacial score (nSPS) is 17.3. The third-order valence-corrected chi connectivity index (χ3v) is 5.71. The number of hydrogen-bond donors (Lipinski definition) is 1. The molecule has 7 nitrogen and oxygen atoms in total. The fraction of sp³-hybridized carbons (Fsp3) is 0.407. The molecule has 8 heteroatoms. The van der Waals surface area contributed by atoms with Crippen LogP contribution in [0.15, 0.2) is 48.0 Å². The Hall–Kier alpha value is -3.39. The van der Waals surface area contributed by atoms with Gasteiger partial charge in [-0.2, -0.15) is 0 Å². The van der Waals surface area contributed by atoms with Crippen molar-refractivity contribution >= 4 is 17.4 Å². The highest BCUT2D eigenvalue weighted by Crippen LogP contribution is 2.42. The molecule has 1 heterocycles. The van der Waals surface area contributed by atoms with E-state index < -0.39 is 23.5 Å². The third-order valence-electron chi connectivity index (χ3n) is 5.71. The maximum Gasteiger partial charge on any atom is 0.295 e. The van der Waals surface area contributed by atoms with Crippen LogP contribution >= 0.6 is 0 Å². The van der Waals surface area contributed by atoms with Crippen molar-refractivity contribution in [2.75, 3.05) is 40.4 Å². The minimum absolute atomic E-state index is 0.0314. The zero-order valence-corrected chi connectivity index (χ0v) is 20.7. The molecule has 0 radical (unpaired) electrons. The predicted molar refractivity (Wildman–Crippen MR) is 132 cm³/mol. The second-order valence-corrected chi connectivity index (χ2v) is 8.64. The van der Waals surface area contributed by atoms with Gasteiger partial charge in [0.05, 0.1) is 24.8 Å². The van der Waals surface area contributed by atoms with E-state index in [2.05, 4.69) is 0 Å². The topological polar surface area (TPSA) is 79.3 Å². The number of carbonyl (C=O) groups excluding carboxylic acids is 2. The van der Waals surface area contributed by atoms with Gasteiger partial charge in [-0.05, 0) is 82.4 Å². The fourth-order valence-corrected chi connectivity index (χ4v) is 4.07. The van der Waals surface area contributed by atoms with Gasteiger partial charge in [0, 0.05) is 12.1 Å². The first-order valence-corrected chi connectivity index (χ1v) is 11.9. The molecule has 1 aliphatic heterocycles. The fourth-order valence-electron chi connectivity index (χ4n) is 4.07. The predicted octanol–water partition coefficient (Wildman–Crippen LogP) is 4.39. The maximum absolute atomic E-state index is 13.5. The molecule has 3 rings (SSSR count). The number of halogens is 1. The summed E-state index contributed by atoms with van der Waals surface area (Å²) in [6.45, 7) is 5.84. The van der Waals surface area contributed by atoms with Gasteiger partial charge in [0.2, 0.25) is 0 Å². The van der Waals surface area contributed by atoms with Crippen LogP contribution in [0.3, 0.4) is 0 Å². The average Bonchev–Trinajstić information content (AvgIpc) is 3.08. The molecule has 1 saturated heterocycles. The Morgan fingerprint density at radius 2 is 1.77 bits per heavy atom. The summed E-state index contributed by atoms with van der Waals surface area (Å²) in [5.41, 5.74) is 0.844. The van der Waals surface area contributed by atoms with Gasteiger partial charge in [-0.3, -0.25) is 9.59 Å². The summed E-state index contributed by atoms with van der Waals surface area (Å²) in [5, 5.41) is 11.1. The molecule has 0 bridgehead atoms. The lowest BCUT2D eigenvalue weighted by Crippen LogP contribution is -2.32. The number of ether oxygens (including phenoxy) is 2. The van der Waals surface area contributed by atoms with Gasteiger partial charge in [0.15, 0.2) is 11.5 Å². The molecule has 0 aliphatic carbocycles. The number of aliphatic hydroxyl groups is 1. The molecule has 1 aliphatic rings. The summed E-state index contributed by atoms with van der Waals surface area (Å²) in [6.07, 6.45) is 1.47. The van der Waals surface area contributed by atoms with E-state index in [-0.39, 0.29) is 16.9 Å². The number of carbonyl (C=O) groups is 2. The molecule has 0 aromatic heterocycles. The lowest BCUT2D eigenvalue weighted by atomic mass is 9.95. The summed E-state index contributed by atoms with van der Waals surface area (Å²) >= 11 is 0. The summed E-state index contributed by atoms with van der Waals surface area (Å²) in [4.78, 5) is 29.7. The van der Waals surface area contributed by atoms with E-state index in [1.807, 2.05) is 32.8 Å². The smallest absolute Gasteiger partial charge is 0.295 e. The van der Waals surface area contributed by atoms with Crippen molar-refractivity contribution in [1.82, 2.24) is 9.80 Å². The molecule has 1 atom stereocenters. The van der Waals surface area contributed by atoms with E-state index in [4.69, 9.17) is 9.47 Å². The highest BCUT2D eigenvalue weighted by Gasteiger charge is 2.46. The van der Waals surface area contributed by atoms with Gasteiger partial charge >= 0.3 is 0 Å². The monoisotopic (exact) mass is 484 g/mol. The van der Waals surface area contributed by atoms with Crippen molar-refractivity contribution < 1.29 is 28.6 Å². The van der Waals surface area contributed by atoms with Gasteiger partial charge < -0.3 is 24.4 Å². The van der Waals surface area contributed by atoms with Crippen molar-refractivity contribution in [2.24, 2.45) is 0 Å². The minimum atomic E-state index is -0.818. The van der Waals surface area contributed by atoms with Crippen LogP contribution in [0.1, 0.15) is 43.9 Å². The molecule has 2 aromatic rings. The zero-order chi connectivity index (χ0) is 25.5. The third kappa shape index (κ3) is 6.00. The number of aliphatic hydroxyl groups excluding tert-OH is 1. The van der Waals surface area contributed by atoms with Gasteiger partial charge in [-0.25, -0.2) is 4.39 Å². The maximum atomic E-state index is 13.5. The molecule has 188 valence electrons. The number of nitrogens with zero attached hydrogens (tertiary/aromatic N) is 2. The highest BCUT2D eigenvalue weighted by atomic mass is 19.1. The van der Waals surface area contributed by atoms with E-state index >= 15 is 0 Å². The molecule has 1 fully saturated rings. The summed E-state index contributed by atoms with van der Waals surface area (Å²) in [7, 11) is 3.87. The Bertz CT molecular complexity index is 1080. The van der Waals surface area contributed by atoms with Gasteiger partial charge in [-0.1, -0.05) is 13.0 Å². The second kappa shape index (κ2) is 11.8. The summed E-state index contributed by atoms with van der Waals surface area (Å²) in [6, 6.07) is 9.63. The lowest BCUT2D eigenvalue weighted by molar-refractivity contribution is -0.139. The highest BCUT2D eigenvalue weighted by molar-refractivity contribution is 6.46. The first-order chi connectivity index (χ1) is 16.8. The molecular formula is C27H33FN2O5. The van der Waals surface area contributed by atoms with E-state index in [9.17, 15) is 19.1 Å². The van der Waals surface area contributed by atoms with Crippen LogP contribution in [0.25, 0.3) is 5.76 Å². The summed E-state index contributed by atoms with van der Waals surface area (Å²) in [5.74, 6) is -1.19. The largest absolute Gasteiger partial charge is 0.507 e. The summed E-state index contributed by atoms with van der Waals surface area (Å²) < 4.78 is 25.0. The second-order valence-electron chi connectivity index (χ2n) is 8.64. The molecule has 1 unspecified atom stereocenters. The number of likely N-dealkylation sites (tertiary alicyclic amines) is 1. The lowest BCUT2D eigenvalue weighted by Gasteiger charge is -2.26. The molecule has 0 spiro atoms. The Labute approximate surface area is 205 Å². The molecule has 0 saturated carbocycles. The number of benzene rings is 2. The van der Waals surface area contributed by atoms with Crippen molar-refractivity contribution in [1.29, 1.82) is 0 Å². The molecular weight excluding hydrogens is 451 g/mol. The molecule has 1 amide bonds. The first kappa shape index (κ1) is 26.2. The van der Waals surface area contributed by atoms with E-state index in [1.165, 1.54) is 29.2 Å². The van der Waals surface area contributed by atoms with Crippen LogP contribution in [0.5, 0.6) is 11.5 Å². The van der Waals surface area contributed by atoms with Crippen LogP contribution in [-0.4, -0.2) is 67.0 Å². The molecule has 1 N–H and O–H groups in total. The quantitative estimate of drug-likeness (QED) is 0.290. The number of ketones is 1. The van der Waals surface area contributed by atoms with Crippen LogP contribution in [-0.2, 0) is 9.59 Å². The number of Topliss-reactive ketones (excluding diaryl/α,β-unsaturated/α-hetero) is 1. The van der Waals surface area contributed by atoms with Gasteiger partial charge in [0.25, 0.3) is 11.7 Å². The van der Waals surface area contributed by atoms with Crippen molar-refractivity contribution in [2.45, 2.75) is 32.7 Å². The van der Waals surface area contributed by atoms with Gasteiger partial charge in [0.1, 0.15) is 11.6 Å². The average molecular weight is 485 g/mol. The van der Waals surface area contributed by atoms with Crippen LogP contribution in [0.2, 0.25) is 0 Å². The first-order valence-electron chi connectivity index (χ1n) is 11.9. The Morgan fingerprint density at radius 1 is 1.06 bits per heavy atom. The van der Waals surface area contributed by atoms with Crippen molar-refractivity contribution in [3.63, 3.8) is 0 Å². The van der Waals surface area contributed by atoms with E-state index in [1.54, 1.807) is 18.2 Å². The van der Waals surface area contributed by atoms with E-state index in [0.717, 1.165) is 13.0 Å². The standard InChI is InChI=1S/C27H33FN2O5/c1-5-16-35-21-13-10-19(17-22(21)34-6-2)24-23(25(31)18-8-11-20(28)12-9-18)26(32)27(33)30(24)15-7-14-29(3)4/h8-13,17,24,31H,5-7,14-16H2,1-4H3. The van der Waals surface area contributed by atoms with Crippen molar-refractivity contribution in [3.8, 4) is 11.5 Å². The Balaban J connectivity index is 2.12. The van der Waals surface area contributed by atoms with E-state index in [0.29, 0.717) is 43.2 Å².